The highest BCUT2D eigenvalue weighted by Crippen LogP contribution is 2.30. The summed E-state index contributed by atoms with van der Waals surface area (Å²) >= 11 is 0. The molecule has 0 aliphatic carbocycles. The first kappa shape index (κ1) is 66.5. The van der Waals surface area contributed by atoms with Crippen molar-refractivity contribution in [2.75, 3.05) is 0 Å². The van der Waals surface area contributed by atoms with Gasteiger partial charge in [0.1, 0.15) is 58.2 Å². The molecule has 0 N–H and O–H groups in total. The Kier molecular flexibility index (Phi) is 28.1. The zero-order valence-corrected chi connectivity index (χ0v) is 41.8. The second-order valence-electron chi connectivity index (χ2n) is 16.1. The van der Waals surface area contributed by atoms with E-state index in [4.69, 9.17) is 0 Å². The minimum atomic E-state index is -4.22. The van der Waals surface area contributed by atoms with Crippen LogP contribution in [0.4, 0.5) is 79.0 Å². The van der Waals surface area contributed by atoms with Crippen molar-refractivity contribution in [1.82, 2.24) is 0 Å². The van der Waals surface area contributed by atoms with Gasteiger partial charge in [0.25, 0.3) is 0 Å². The Morgan fingerprint density at radius 2 is 0.632 bits per heavy atom. The minimum Gasteiger partial charge on any atom is -0.207 e. The van der Waals surface area contributed by atoms with Crippen LogP contribution < -0.4 is 0 Å². The Balaban J connectivity index is 0.000000435. The number of halogens is 18. The van der Waals surface area contributed by atoms with E-state index in [0.29, 0.717) is 28.8 Å². The van der Waals surface area contributed by atoms with Crippen molar-refractivity contribution in [2.45, 2.75) is 67.7 Å². The van der Waals surface area contributed by atoms with Gasteiger partial charge in [-0.1, -0.05) is 77.4 Å². The van der Waals surface area contributed by atoms with Gasteiger partial charge in [-0.3, -0.25) is 0 Å². The Labute approximate surface area is 429 Å². The fourth-order valence-electron chi connectivity index (χ4n) is 5.15. The third kappa shape index (κ3) is 27.2. The quantitative estimate of drug-likeness (QED) is 0.133. The summed E-state index contributed by atoms with van der Waals surface area (Å²) in [6.45, 7) is 12.9. The van der Waals surface area contributed by atoms with Gasteiger partial charge >= 0.3 is 12.4 Å². The molecule has 8 rings (SSSR count). The van der Waals surface area contributed by atoms with Crippen LogP contribution in [0.5, 0.6) is 0 Å². The average Bonchev–Trinajstić information content (AvgIpc) is 3.31. The van der Waals surface area contributed by atoms with Gasteiger partial charge in [-0.25, -0.2) is 52.7 Å². The van der Waals surface area contributed by atoms with Crippen molar-refractivity contribution in [1.29, 1.82) is 0 Å². The van der Waals surface area contributed by atoms with Crippen LogP contribution in [-0.4, -0.2) is 0 Å². The molecule has 18 heteroatoms. The van der Waals surface area contributed by atoms with E-state index in [-0.39, 0.29) is 16.9 Å². The summed E-state index contributed by atoms with van der Waals surface area (Å²) in [4.78, 5) is 0. The van der Waals surface area contributed by atoms with Crippen LogP contribution in [0.25, 0.3) is 0 Å². The summed E-state index contributed by atoms with van der Waals surface area (Å²) < 4.78 is 218. The summed E-state index contributed by atoms with van der Waals surface area (Å²) in [6.07, 6.45) is -8.43. The Morgan fingerprint density at radius 3 is 1.00 bits per heavy atom. The molecule has 0 amide bonds. The second kappa shape index (κ2) is 32.1. The molecule has 0 nitrogen and oxygen atoms in total. The lowest BCUT2D eigenvalue weighted by Gasteiger charge is -2.05. The lowest BCUT2D eigenvalue weighted by Crippen LogP contribution is -2.04. The van der Waals surface area contributed by atoms with Crippen molar-refractivity contribution in [3.63, 3.8) is 0 Å². The van der Waals surface area contributed by atoms with Crippen LogP contribution in [0, 0.1) is 125 Å². The van der Waals surface area contributed by atoms with E-state index < -0.39 is 87.5 Å². The molecule has 0 unspecified atom stereocenters. The van der Waals surface area contributed by atoms with E-state index in [1.807, 2.05) is 6.92 Å². The van der Waals surface area contributed by atoms with Crippen LogP contribution in [0.15, 0.2) is 158 Å². The van der Waals surface area contributed by atoms with Crippen LogP contribution in [-0.2, 0) is 12.4 Å². The number of alkyl halides is 6. The van der Waals surface area contributed by atoms with Crippen LogP contribution in [0.1, 0.15) is 55.6 Å². The third-order valence-electron chi connectivity index (χ3n) is 9.40. The summed E-state index contributed by atoms with van der Waals surface area (Å²) in [5.74, 6) is -7.38. The van der Waals surface area contributed by atoms with Crippen LogP contribution in [0.3, 0.4) is 0 Å². The summed E-state index contributed by atoms with van der Waals surface area (Å²) in [6, 6.07) is 32.5. The van der Waals surface area contributed by atoms with Gasteiger partial charge in [-0.15, -0.1) is 0 Å². The molecular formula is C58H50F18. The molecule has 8 aromatic carbocycles. The van der Waals surface area contributed by atoms with Gasteiger partial charge in [0.05, 0.1) is 11.1 Å². The molecule has 0 bridgehead atoms. The van der Waals surface area contributed by atoms with Crippen molar-refractivity contribution < 1.29 is 79.0 Å². The standard InChI is InChI=1S/2C8H7F3.C7H5F3.4C7H6F2.C7H7F/c1-6-2-4-7(5-3-6)8(9,10)11;1-6-3-2-4-7(5-6)8(9,10)11;1-4-6(9)2-5(8)3-7(4)10;1-5-2-6(8)4-7(9)3-5;1-5-2-3-6(8)4-7(5)9;1-5-2-3-6(8)7(9)4-5;1-5-6(8)3-2-4-7(5)9;1-6-2-4-7(8)5-3-6/h2*2-5H,1H3;2-3H,1H3;4*2-4H,1H3;2-5H,1H3. The van der Waals surface area contributed by atoms with E-state index in [0.717, 1.165) is 65.2 Å². The molecule has 0 aliphatic heterocycles. The maximum absolute atomic E-state index is 12.4. The highest BCUT2D eigenvalue weighted by molar-refractivity contribution is 5.25. The molecule has 8 aromatic rings. The summed E-state index contributed by atoms with van der Waals surface area (Å²) in [5.41, 5.74) is 3.10. The van der Waals surface area contributed by atoms with Gasteiger partial charge in [-0.05, 0) is 145 Å². The SMILES string of the molecule is Cc1c(F)cc(F)cc1F.Cc1c(F)cccc1F.Cc1cc(F)cc(F)c1.Cc1ccc(C(F)(F)F)cc1.Cc1ccc(F)c(F)c1.Cc1ccc(F)cc1.Cc1ccc(F)cc1F.Cc1cccc(C(F)(F)F)c1. The lowest BCUT2D eigenvalue weighted by molar-refractivity contribution is -0.138. The molecule has 76 heavy (non-hydrogen) atoms. The molecule has 0 saturated heterocycles. The van der Waals surface area contributed by atoms with Gasteiger partial charge in [0.15, 0.2) is 11.6 Å². The predicted molar refractivity (Wildman–Crippen MR) is 259 cm³/mol. The normalized spacial score (nSPS) is 10.2. The van der Waals surface area contributed by atoms with Crippen molar-refractivity contribution in [2.24, 2.45) is 0 Å². The highest BCUT2D eigenvalue weighted by Gasteiger charge is 2.30. The van der Waals surface area contributed by atoms with E-state index in [1.54, 1.807) is 52.8 Å². The number of hydrogen-bond donors (Lipinski definition) is 0. The molecule has 0 aromatic heterocycles. The van der Waals surface area contributed by atoms with Gasteiger partial charge in [0.2, 0.25) is 0 Å². The summed E-state index contributed by atoms with van der Waals surface area (Å²) in [5, 5.41) is 0. The second-order valence-corrected chi connectivity index (χ2v) is 16.1. The van der Waals surface area contributed by atoms with E-state index in [9.17, 15) is 79.0 Å². The van der Waals surface area contributed by atoms with Gasteiger partial charge in [0, 0.05) is 35.4 Å². The smallest absolute Gasteiger partial charge is 0.207 e. The molecule has 0 aliphatic rings. The van der Waals surface area contributed by atoms with Crippen molar-refractivity contribution >= 4 is 0 Å². The fraction of sp³-hybridized carbons (Fsp3) is 0.172. The number of hydrogen-bond acceptors (Lipinski definition) is 0. The zero-order valence-electron chi connectivity index (χ0n) is 41.8. The Bertz CT molecular complexity index is 2830. The molecule has 0 atom stereocenters. The topological polar surface area (TPSA) is 0 Å². The van der Waals surface area contributed by atoms with Crippen LogP contribution >= 0.6 is 0 Å². The Hall–Kier alpha value is -7.50. The molecule has 0 heterocycles. The zero-order chi connectivity index (χ0) is 58.1. The molecule has 0 radical (unpaired) electrons. The maximum atomic E-state index is 12.4. The average molecular weight is 1090 g/mol. The monoisotopic (exact) mass is 1090 g/mol. The molecule has 0 saturated carbocycles. The van der Waals surface area contributed by atoms with Crippen molar-refractivity contribution in [3.8, 4) is 0 Å². The number of aryl methyl sites for hydroxylation is 6. The molecule has 0 fully saturated rings. The fourth-order valence-corrected chi connectivity index (χ4v) is 5.15. The van der Waals surface area contributed by atoms with Crippen molar-refractivity contribution in [3.05, 3.63) is 283 Å². The molecule has 408 valence electrons. The minimum absolute atomic E-state index is 0.0810. The first-order chi connectivity index (χ1) is 35.2. The first-order valence-corrected chi connectivity index (χ1v) is 22.0. The summed E-state index contributed by atoms with van der Waals surface area (Å²) in [7, 11) is 0. The first-order valence-electron chi connectivity index (χ1n) is 22.0. The van der Waals surface area contributed by atoms with Crippen LogP contribution in [0.2, 0.25) is 0 Å². The van der Waals surface area contributed by atoms with E-state index in [1.165, 1.54) is 92.7 Å². The van der Waals surface area contributed by atoms with E-state index >= 15 is 0 Å². The maximum Gasteiger partial charge on any atom is 0.416 e. The highest BCUT2D eigenvalue weighted by atomic mass is 19.4. The third-order valence-corrected chi connectivity index (χ3v) is 9.40. The predicted octanol–water partition coefficient (Wildman–Crippen LogP) is 19.7. The Morgan fingerprint density at radius 1 is 0.237 bits per heavy atom. The molecule has 0 spiro atoms. The lowest BCUT2D eigenvalue weighted by atomic mass is 10.1. The van der Waals surface area contributed by atoms with E-state index in [2.05, 4.69) is 0 Å². The van der Waals surface area contributed by atoms with Gasteiger partial charge in [-0.2, -0.15) is 26.3 Å². The number of benzene rings is 8. The van der Waals surface area contributed by atoms with Gasteiger partial charge < -0.3 is 0 Å². The largest absolute Gasteiger partial charge is 0.416 e. The number of rotatable bonds is 0. The molecular weight excluding hydrogens is 1040 g/mol.